The van der Waals surface area contributed by atoms with Crippen LogP contribution in [0.4, 0.5) is 17.6 Å². The quantitative estimate of drug-likeness (QED) is 0.621. The van der Waals surface area contributed by atoms with Gasteiger partial charge >= 0.3 is 11.9 Å². The number of aliphatic carboxylic acids is 1. The summed E-state index contributed by atoms with van der Waals surface area (Å²) in [5, 5.41) is 9.45. The van der Waals surface area contributed by atoms with Crippen molar-refractivity contribution in [1.29, 1.82) is 0 Å². The Labute approximate surface area is 65.4 Å². The second-order valence-corrected chi connectivity index (χ2v) is 2.03. The second kappa shape index (κ2) is 4.24. The van der Waals surface area contributed by atoms with Gasteiger partial charge in [0.05, 0.1) is 13.1 Å². The third-order valence-corrected chi connectivity index (χ3v) is 0.959. The average molecular weight is 189 g/mol. The normalized spacial score (nSPS) is 12.1. The first-order valence-electron chi connectivity index (χ1n) is 2.96. The number of hydrogen-bond acceptors (Lipinski definition) is 2. The summed E-state index contributed by atoms with van der Waals surface area (Å²) in [5.74, 6) is -6.32. The molecule has 0 heterocycles. The van der Waals surface area contributed by atoms with Crippen LogP contribution < -0.4 is 5.32 Å². The molecule has 0 fully saturated rings. The molecule has 12 heavy (non-hydrogen) atoms. The highest BCUT2D eigenvalue weighted by atomic mass is 19.3. The zero-order chi connectivity index (χ0) is 9.78. The largest absolute Gasteiger partial charge is 0.477 e. The van der Waals surface area contributed by atoms with Crippen LogP contribution in [0.2, 0.25) is 0 Å². The lowest BCUT2D eigenvalue weighted by atomic mass is 10.3. The first kappa shape index (κ1) is 11.2. The summed E-state index contributed by atoms with van der Waals surface area (Å²) in [7, 11) is 0. The maximum absolute atomic E-state index is 12.1. The van der Waals surface area contributed by atoms with E-state index in [0.29, 0.717) is 0 Å². The number of halogens is 4. The van der Waals surface area contributed by atoms with Crippen LogP contribution in [0.25, 0.3) is 0 Å². The maximum Gasteiger partial charge on any atom is 0.375 e. The second-order valence-electron chi connectivity index (χ2n) is 2.03. The molecule has 0 bridgehead atoms. The van der Waals surface area contributed by atoms with Gasteiger partial charge < -0.3 is 10.4 Å². The standard InChI is InChI=1S/C5H7F4NO2/c6-3(7)1-10-2-5(8,9)4(11)12/h3,10H,1-2H2,(H,11,12). The van der Waals surface area contributed by atoms with Gasteiger partial charge in [0, 0.05) is 0 Å². The fraction of sp³-hybridized carbons (Fsp3) is 0.800. The number of carbonyl (C=O) groups is 1. The van der Waals surface area contributed by atoms with Gasteiger partial charge in [-0.1, -0.05) is 0 Å². The number of carboxylic acid groups (broad SMARTS) is 1. The molecule has 0 unspecified atom stereocenters. The first-order chi connectivity index (χ1) is 5.36. The van der Waals surface area contributed by atoms with Crippen molar-refractivity contribution in [2.24, 2.45) is 0 Å². The van der Waals surface area contributed by atoms with Crippen LogP contribution in [0.1, 0.15) is 0 Å². The Kier molecular flexibility index (Phi) is 3.94. The van der Waals surface area contributed by atoms with E-state index in [1.165, 1.54) is 0 Å². The molecule has 0 spiro atoms. The van der Waals surface area contributed by atoms with Crippen molar-refractivity contribution in [3.8, 4) is 0 Å². The SMILES string of the molecule is O=C(O)C(F)(F)CNCC(F)F. The highest BCUT2D eigenvalue weighted by Gasteiger charge is 2.38. The van der Waals surface area contributed by atoms with Crippen molar-refractivity contribution in [2.75, 3.05) is 13.1 Å². The number of hydrogen-bond donors (Lipinski definition) is 2. The minimum absolute atomic E-state index is 0.942. The van der Waals surface area contributed by atoms with E-state index in [2.05, 4.69) is 0 Å². The van der Waals surface area contributed by atoms with Crippen molar-refractivity contribution in [3.63, 3.8) is 0 Å². The van der Waals surface area contributed by atoms with Gasteiger partial charge in [-0.15, -0.1) is 0 Å². The molecule has 0 rings (SSSR count). The summed E-state index contributed by atoms with van der Waals surface area (Å²) in [6.07, 6.45) is -2.77. The molecule has 0 aromatic rings. The summed E-state index contributed by atoms with van der Waals surface area (Å²) in [6.45, 7) is -2.23. The van der Waals surface area contributed by atoms with Gasteiger partial charge in [0.25, 0.3) is 6.43 Å². The van der Waals surface area contributed by atoms with Crippen LogP contribution in [0.3, 0.4) is 0 Å². The molecule has 0 aliphatic carbocycles. The Balaban J connectivity index is 3.69. The van der Waals surface area contributed by atoms with E-state index >= 15 is 0 Å². The van der Waals surface area contributed by atoms with Gasteiger partial charge in [-0.25, -0.2) is 13.6 Å². The third kappa shape index (κ3) is 4.12. The van der Waals surface area contributed by atoms with Gasteiger partial charge in [-0.05, 0) is 0 Å². The molecule has 0 aromatic heterocycles. The molecule has 0 saturated carbocycles. The lowest BCUT2D eigenvalue weighted by molar-refractivity contribution is -0.164. The van der Waals surface area contributed by atoms with Gasteiger partial charge in [0.2, 0.25) is 0 Å². The Hall–Kier alpha value is -0.850. The number of carboxylic acids is 1. The molecule has 0 aliphatic heterocycles. The van der Waals surface area contributed by atoms with Crippen molar-refractivity contribution < 1.29 is 27.5 Å². The van der Waals surface area contributed by atoms with Crippen molar-refractivity contribution in [3.05, 3.63) is 0 Å². The average Bonchev–Trinajstić information content (AvgIpc) is 1.85. The van der Waals surface area contributed by atoms with E-state index < -0.39 is 31.4 Å². The highest BCUT2D eigenvalue weighted by molar-refractivity contribution is 5.75. The first-order valence-corrected chi connectivity index (χ1v) is 2.96. The molecule has 0 aliphatic rings. The van der Waals surface area contributed by atoms with Gasteiger partial charge in [0.15, 0.2) is 0 Å². The predicted octanol–water partition coefficient (Wildman–Crippen LogP) is 0.561. The minimum Gasteiger partial charge on any atom is -0.477 e. The van der Waals surface area contributed by atoms with Crippen LogP contribution in [0.15, 0.2) is 0 Å². The lowest BCUT2D eigenvalue weighted by Gasteiger charge is -2.11. The zero-order valence-electron chi connectivity index (χ0n) is 5.86. The third-order valence-electron chi connectivity index (χ3n) is 0.959. The van der Waals surface area contributed by atoms with Crippen LogP contribution in [-0.2, 0) is 4.79 Å². The fourth-order valence-corrected chi connectivity index (χ4v) is 0.414. The van der Waals surface area contributed by atoms with Crippen LogP contribution in [0, 0.1) is 0 Å². The van der Waals surface area contributed by atoms with Gasteiger partial charge in [-0.2, -0.15) is 8.78 Å². The van der Waals surface area contributed by atoms with E-state index in [4.69, 9.17) is 5.11 Å². The monoisotopic (exact) mass is 189 g/mol. The summed E-state index contributed by atoms with van der Waals surface area (Å²) >= 11 is 0. The molecule has 3 nitrogen and oxygen atoms in total. The fourth-order valence-electron chi connectivity index (χ4n) is 0.414. The number of alkyl halides is 4. The topological polar surface area (TPSA) is 49.3 Å². The summed E-state index contributed by atoms with van der Waals surface area (Å²) < 4.78 is 46.9. The number of rotatable bonds is 5. The summed E-state index contributed by atoms with van der Waals surface area (Å²) in [4.78, 5) is 9.72. The smallest absolute Gasteiger partial charge is 0.375 e. The highest BCUT2D eigenvalue weighted by Crippen LogP contribution is 2.11. The Bertz CT molecular complexity index is 162. The van der Waals surface area contributed by atoms with Crippen LogP contribution >= 0.6 is 0 Å². The lowest BCUT2D eigenvalue weighted by Crippen LogP contribution is -2.41. The van der Waals surface area contributed by atoms with Crippen LogP contribution in [-0.4, -0.2) is 36.5 Å². The van der Waals surface area contributed by atoms with E-state index in [9.17, 15) is 22.4 Å². The molecule has 72 valence electrons. The van der Waals surface area contributed by atoms with E-state index in [0.717, 1.165) is 0 Å². The number of nitrogens with one attached hydrogen (secondary N) is 1. The molecule has 0 amide bonds. The molecule has 0 aromatic carbocycles. The van der Waals surface area contributed by atoms with Gasteiger partial charge in [0.1, 0.15) is 0 Å². The molecular weight excluding hydrogens is 182 g/mol. The maximum atomic E-state index is 12.1. The molecule has 0 atom stereocenters. The Morgan fingerprint density at radius 2 is 2.00 bits per heavy atom. The van der Waals surface area contributed by atoms with E-state index in [-0.39, 0.29) is 0 Å². The molecular formula is C5H7F4NO2. The van der Waals surface area contributed by atoms with Crippen molar-refractivity contribution in [2.45, 2.75) is 12.3 Å². The van der Waals surface area contributed by atoms with Crippen molar-refractivity contribution in [1.82, 2.24) is 5.32 Å². The zero-order valence-corrected chi connectivity index (χ0v) is 5.86. The summed E-state index contributed by atoms with van der Waals surface area (Å²) in [5.41, 5.74) is 0. The molecule has 0 saturated heterocycles. The Morgan fingerprint density at radius 3 is 2.33 bits per heavy atom. The van der Waals surface area contributed by atoms with Gasteiger partial charge in [-0.3, -0.25) is 0 Å². The van der Waals surface area contributed by atoms with E-state index in [1.807, 2.05) is 0 Å². The molecule has 7 heteroatoms. The Morgan fingerprint density at radius 1 is 1.50 bits per heavy atom. The minimum atomic E-state index is -3.99. The van der Waals surface area contributed by atoms with Crippen LogP contribution in [0.5, 0.6) is 0 Å². The predicted molar refractivity (Wildman–Crippen MR) is 31.5 cm³/mol. The summed E-state index contributed by atoms with van der Waals surface area (Å²) in [6, 6.07) is 0. The molecule has 0 radical (unpaired) electrons. The van der Waals surface area contributed by atoms with Crippen molar-refractivity contribution >= 4 is 5.97 Å². The molecule has 2 N–H and O–H groups in total. The van der Waals surface area contributed by atoms with E-state index in [1.54, 1.807) is 5.32 Å².